The van der Waals surface area contributed by atoms with Gasteiger partial charge in [-0.05, 0) is 36.4 Å². The van der Waals surface area contributed by atoms with Gasteiger partial charge < -0.3 is 14.1 Å². The number of thiazole rings is 1. The van der Waals surface area contributed by atoms with E-state index < -0.39 is 0 Å². The van der Waals surface area contributed by atoms with Crippen LogP contribution in [0.2, 0.25) is 0 Å². The van der Waals surface area contributed by atoms with Gasteiger partial charge in [0, 0.05) is 43.2 Å². The maximum Gasteiger partial charge on any atom is 0.274 e. The number of methoxy groups -OCH3 is 1. The Balaban J connectivity index is 1.16. The SMILES string of the molecule is COc1ccc(-c2csc(CN3CCN(C(=O)c4cc(-c5ccco5)[nH]n4)CC3)n2)cc1. The van der Waals surface area contributed by atoms with E-state index in [1.807, 2.05) is 35.2 Å². The Morgan fingerprint density at radius 3 is 2.72 bits per heavy atom. The van der Waals surface area contributed by atoms with Crippen LogP contribution in [-0.2, 0) is 6.54 Å². The van der Waals surface area contributed by atoms with E-state index in [1.54, 1.807) is 36.8 Å². The smallest absolute Gasteiger partial charge is 0.274 e. The van der Waals surface area contributed by atoms with Crippen molar-refractivity contribution in [3.63, 3.8) is 0 Å². The van der Waals surface area contributed by atoms with E-state index in [-0.39, 0.29) is 5.91 Å². The molecule has 1 N–H and O–H groups in total. The summed E-state index contributed by atoms with van der Waals surface area (Å²) >= 11 is 1.67. The molecule has 0 saturated carbocycles. The quantitative estimate of drug-likeness (QED) is 0.482. The minimum Gasteiger partial charge on any atom is -0.497 e. The molecule has 0 radical (unpaired) electrons. The van der Waals surface area contributed by atoms with Crippen molar-refractivity contribution in [1.82, 2.24) is 25.0 Å². The summed E-state index contributed by atoms with van der Waals surface area (Å²) in [5.41, 5.74) is 3.17. The standard InChI is InChI=1S/C23H23N5O3S/c1-30-17-6-4-16(5-7-17)20-15-32-22(24-20)14-27-8-10-28(11-9-27)23(29)19-13-18(25-26-19)21-3-2-12-31-21/h2-7,12-13,15H,8-11,14H2,1H3,(H,25,26). The number of piperazine rings is 1. The summed E-state index contributed by atoms with van der Waals surface area (Å²) in [6, 6.07) is 13.3. The third kappa shape index (κ3) is 4.30. The number of hydrogen-bond donors (Lipinski definition) is 1. The minimum atomic E-state index is -0.0604. The summed E-state index contributed by atoms with van der Waals surface area (Å²) in [6.07, 6.45) is 1.60. The first-order chi connectivity index (χ1) is 15.7. The average Bonchev–Trinajstić information content (AvgIpc) is 3.61. The number of aromatic nitrogens is 3. The molecule has 3 aromatic heterocycles. The fourth-order valence-electron chi connectivity index (χ4n) is 3.73. The number of ether oxygens (including phenoxy) is 1. The second kappa shape index (κ2) is 8.97. The van der Waals surface area contributed by atoms with Crippen molar-refractivity contribution in [3.05, 3.63) is 64.8 Å². The van der Waals surface area contributed by atoms with Crippen LogP contribution in [0.5, 0.6) is 5.75 Å². The molecule has 0 atom stereocenters. The van der Waals surface area contributed by atoms with Crippen molar-refractivity contribution < 1.29 is 13.9 Å². The molecule has 0 spiro atoms. The monoisotopic (exact) mass is 449 g/mol. The fraction of sp³-hybridized carbons (Fsp3) is 0.261. The molecule has 0 aliphatic carbocycles. The zero-order valence-electron chi connectivity index (χ0n) is 17.7. The zero-order chi connectivity index (χ0) is 21.9. The first-order valence-electron chi connectivity index (χ1n) is 10.4. The summed E-state index contributed by atoms with van der Waals surface area (Å²) in [7, 11) is 1.66. The molecule has 1 amide bonds. The molecular formula is C23H23N5O3S. The second-order valence-corrected chi connectivity index (χ2v) is 8.51. The summed E-state index contributed by atoms with van der Waals surface area (Å²) < 4.78 is 10.6. The summed E-state index contributed by atoms with van der Waals surface area (Å²) in [5, 5.41) is 10.2. The number of hydrogen-bond acceptors (Lipinski definition) is 7. The van der Waals surface area contributed by atoms with Crippen LogP contribution in [0.3, 0.4) is 0 Å². The van der Waals surface area contributed by atoms with Crippen LogP contribution in [0.25, 0.3) is 22.7 Å². The fourth-order valence-corrected chi connectivity index (χ4v) is 4.57. The third-order valence-electron chi connectivity index (χ3n) is 5.54. The Hall–Kier alpha value is -3.43. The molecular weight excluding hydrogens is 426 g/mol. The van der Waals surface area contributed by atoms with Gasteiger partial charge in [-0.25, -0.2) is 4.98 Å². The molecule has 4 heterocycles. The highest BCUT2D eigenvalue weighted by Crippen LogP contribution is 2.25. The highest BCUT2D eigenvalue weighted by Gasteiger charge is 2.25. The number of nitrogens with one attached hydrogen (secondary N) is 1. The molecule has 9 heteroatoms. The van der Waals surface area contributed by atoms with Crippen LogP contribution in [0.1, 0.15) is 15.5 Å². The Kier molecular flexibility index (Phi) is 5.74. The van der Waals surface area contributed by atoms with E-state index in [0.29, 0.717) is 30.2 Å². The van der Waals surface area contributed by atoms with E-state index >= 15 is 0 Å². The molecule has 8 nitrogen and oxygen atoms in total. The van der Waals surface area contributed by atoms with Gasteiger partial charge in [-0.15, -0.1) is 11.3 Å². The lowest BCUT2D eigenvalue weighted by Gasteiger charge is -2.33. The number of benzene rings is 1. The molecule has 1 fully saturated rings. The number of aromatic amines is 1. The summed E-state index contributed by atoms with van der Waals surface area (Å²) in [5.74, 6) is 1.44. The van der Waals surface area contributed by atoms with Gasteiger partial charge in [0.25, 0.3) is 5.91 Å². The van der Waals surface area contributed by atoms with Crippen molar-refractivity contribution >= 4 is 17.2 Å². The van der Waals surface area contributed by atoms with Crippen molar-refractivity contribution in [2.45, 2.75) is 6.54 Å². The molecule has 32 heavy (non-hydrogen) atoms. The predicted molar refractivity (Wildman–Crippen MR) is 122 cm³/mol. The van der Waals surface area contributed by atoms with Gasteiger partial charge >= 0.3 is 0 Å². The average molecular weight is 450 g/mol. The number of H-pyrrole nitrogens is 1. The van der Waals surface area contributed by atoms with Crippen molar-refractivity contribution in [2.75, 3.05) is 33.3 Å². The molecule has 0 bridgehead atoms. The second-order valence-electron chi connectivity index (χ2n) is 7.57. The number of carbonyl (C=O) groups excluding carboxylic acids is 1. The van der Waals surface area contributed by atoms with Gasteiger partial charge in [-0.1, -0.05) is 0 Å². The molecule has 5 rings (SSSR count). The molecule has 4 aromatic rings. The van der Waals surface area contributed by atoms with Crippen molar-refractivity contribution in [2.24, 2.45) is 0 Å². The number of nitrogens with zero attached hydrogens (tertiary/aromatic N) is 4. The topological polar surface area (TPSA) is 87.5 Å². The predicted octanol–water partition coefficient (Wildman–Crippen LogP) is 3.76. The summed E-state index contributed by atoms with van der Waals surface area (Å²) in [4.78, 5) is 21.8. The Bertz CT molecular complexity index is 1170. The van der Waals surface area contributed by atoms with E-state index in [1.165, 1.54) is 0 Å². The van der Waals surface area contributed by atoms with Gasteiger partial charge in [0.2, 0.25) is 0 Å². The van der Waals surface area contributed by atoms with Crippen LogP contribution < -0.4 is 4.74 Å². The first-order valence-corrected chi connectivity index (χ1v) is 11.3. The zero-order valence-corrected chi connectivity index (χ0v) is 18.5. The van der Waals surface area contributed by atoms with Crippen LogP contribution in [-0.4, -0.2) is 64.2 Å². The van der Waals surface area contributed by atoms with Gasteiger partial charge in [0.05, 0.1) is 25.6 Å². The third-order valence-corrected chi connectivity index (χ3v) is 6.37. The number of rotatable bonds is 6. The van der Waals surface area contributed by atoms with Crippen molar-refractivity contribution in [3.8, 4) is 28.5 Å². The lowest BCUT2D eigenvalue weighted by atomic mass is 10.2. The summed E-state index contributed by atoms with van der Waals surface area (Å²) in [6.45, 7) is 3.72. The first kappa shape index (κ1) is 20.5. The molecule has 164 valence electrons. The molecule has 0 unspecified atom stereocenters. The lowest BCUT2D eigenvalue weighted by molar-refractivity contribution is 0.0622. The highest BCUT2D eigenvalue weighted by molar-refractivity contribution is 7.09. The van der Waals surface area contributed by atoms with E-state index in [4.69, 9.17) is 14.1 Å². The molecule has 1 aliphatic heterocycles. The Morgan fingerprint density at radius 2 is 2.00 bits per heavy atom. The van der Waals surface area contributed by atoms with Gasteiger partial charge in [-0.2, -0.15) is 5.10 Å². The van der Waals surface area contributed by atoms with E-state index in [0.717, 1.165) is 41.6 Å². The molecule has 1 aromatic carbocycles. The minimum absolute atomic E-state index is 0.0604. The molecule has 1 saturated heterocycles. The van der Waals surface area contributed by atoms with Crippen LogP contribution >= 0.6 is 11.3 Å². The van der Waals surface area contributed by atoms with Crippen LogP contribution in [0.4, 0.5) is 0 Å². The number of amides is 1. The maximum absolute atomic E-state index is 12.8. The van der Waals surface area contributed by atoms with Crippen LogP contribution in [0.15, 0.2) is 58.5 Å². The largest absolute Gasteiger partial charge is 0.497 e. The highest BCUT2D eigenvalue weighted by atomic mass is 32.1. The normalized spacial score (nSPS) is 14.6. The number of carbonyl (C=O) groups is 1. The lowest BCUT2D eigenvalue weighted by Crippen LogP contribution is -2.48. The molecule has 1 aliphatic rings. The van der Waals surface area contributed by atoms with E-state index in [9.17, 15) is 4.79 Å². The van der Waals surface area contributed by atoms with Crippen LogP contribution in [0, 0.1) is 0 Å². The van der Waals surface area contributed by atoms with Gasteiger partial charge in [0.1, 0.15) is 16.5 Å². The maximum atomic E-state index is 12.8. The van der Waals surface area contributed by atoms with Crippen molar-refractivity contribution in [1.29, 1.82) is 0 Å². The van der Waals surface area contributed by atoms with E-state index in [2.05, 4.69) is 20.5 Å². The van der Waals surface area contributed by atoms with Gasteiger partial charge in [0.15, 0.2) is 11.5 Å². The van der Waals surface area contributed by atoms with Gasteiger partial charge in [-0.3, -0.25) is 14.8 Å². The number of furan rings is 1. The Labute approximate surface area is 189 Å². The Morgan fingerprint density at radius 1 is 1.19 bits per heavy atom.